The first-order chi connectivity index (χ1) is 5.59. The van der Waals surface area contributed by atoms with E-state index in [0.29, 0.717) is 10.7 Å². The molecule has 1 aromatic heterocycles. The van der Waals surface area contributed by atoms with Crippen LogP contribution in [0.5, 0.6) is 0 Å². The molecule has 0 unspecified atom stereocenters. The summed E-state index contributed by atoms with van der Waals surface area (Å²) in [6, 6.07) is 3.73. The van der Waals surface area contributed by atoms with E-state index in [-0.39, 0.29) is 0 Å². The van der Waals surface area contributed by atoms with Gasteiger partial charge in [0.25, 0.3) is 0 Å². The van der Waals surface area contributed by atoms with E-state index >= 15 is 0 Å². The summed E-state index contributed by atoms with van der Waals surface area (Å²) in [6.45, 7) is 4.30. The van der Waals surface area contributed by atoms with Gasteiger partial charge in [0.1, 0.15) is 0 Å². The van der Waals surface area contributed by atoms with Gasteiger partial charge in [-0.05, 0) is 18.4 Å². The van der Waals surface area contributed by atoms with Crippen LogP contribution >= 0.6 is 11.3 Å². The molecule has 0 bridgehead atoms. The normalized spacial score (nSPS) is 10.8. The SMILES string of the molecule is CC(C)Cc1ccc(B(O)O)s1. The Labute approximate surface area is 77.0 Å². The van der Waals surface area contributed by atoms with Crippen LogP contribution in [0, 0.1) is 5.92 Å². The van der Waals surface area contributed by atoms with Gasteiger partial charge in [0.15, 0.2) is 0 Å². The van der Waals surface area contributed by atoms with Crippen LogP contribution in [0.25, 0.3) is 0 Å². The molecule has 0 aromatic carbocycles. The van der Waals surface area contributed by atoms with Crippen molar-refractivity contribution in [2.45, 2.75) is 20.3 Å². The lowest BCUT2D eigenvalue weighted by Crippen LogP contribution is -2.26. The van der Waals surface area contributed by atoms with E-state index in [1.165, 1.54) is 16.2 Å². The monoisotopic (exact) mass is 184 g/mol. The second kappa shape index (κ2) is 4.07. The molecule has 0 radical (unpaired) electrons. The molecule has 0 amide bonds. The van der Waals surface area contributed by atoms with Gasteiger partial charge in [0.05, 0.1) is 0 Å². The molecular weight excluding hydrogens is 171 g/mol. The zero-order valence-corrected chi connectivity index (χ0v) is 8.14. The third-order valence-electron chi connectivity index (χ3n) is 1.55. The van der Waals surface area contributed by atoms with Crippen LogP contribution in [0.4, 0.5) is 0 Å². The Balaban J connectivity index is 2.64. The summed E-state index contributed by atoms with van der Waals surface area (Å²) in [5.41, 5.74) is 0. The lowest BCUT2D eigenvalue weighted by molar-refractivity contribution is 0.427. The third kappa shape index (κ3) is 2.62. The number of thiophene rings is 1. The van der Waals surface area contributed by atoms with Gasteiger partial charge in [-0.2, -0.15) is 0 Å². The van der Waals surface area contributed by atoms with Gasteiger partial charge in [-0.1, -0.05) is 19.9 Å². The maximum Gasteiger partial charge on any atom is 0.499 e. The average molecular weight is 184 g/mol. The Kier molecular flexibility index (Phi) is 3.32. The molecule has 0 aliphatic rings. The zero-order valence-electron chi connectivity index (χ0n) is 7.32. The average Bonchev–Trinajstić information content (AvgIpc) is 2.34. The minimum Gasteiger partial charge on any atom is -0.423 e. The van der Waals surface area contributed by atoms with E-state index < -0.39 is 7.12 Å². The first-order valence-corrected chi connectivity index (χ1v) is 4.86. The molecule has 66 valence electrons. The molecule has 4 heteroatoms. The van der Waals surface area contributed by atoms with Gasteiger partial charge in [-0.3, -0.25) is 0 Å². The molecule has 1 heterocycles. The Hall–Kier alpha value is -0.315. The largest absolute Gasteiger partial charge is 0.499 e. The maximum atomic E-state index is 8.84. The second-order valence-corrected chi connectivity index (χ2v) is 4.48. The minimum atomic E-state index is -1.31. The van der Waals surface area contributed by atoms with Crippen molar-refractivity contribution in [3.05, 3.63) is 17.0 Å². The van der Waals surface area contributed by atoms with Crippen LogP contribution in [-0.2, 0) is 6.42 Å². The van der Waals surface area contributed by atoms with Crippen molar-refractivity contribution in [1.29, 1.82) is 0 Å². The van der Waals surface area contributed by atoms with Crippen molar-refractivity contribution in [3.8, 4) is 0 Å². The Morgan fingerprint density at radius 1 is 1.42 bits per heavy atom. The Morgan fingerprint density at radius 2 is 2.08 bits per heavy atom. The summed E-state index contributed by atoms with van der Waals surface area (Å²) in [5, 5.41) is 17.7. The highest BCUT2D eigenvalue weighted by Gasteiger charge is 2.13. The van der Waals surface area contributed by atoms with E-state index in [1.54, 1.807) is 6.07 Å². The first-order valence-electron chi connectivity index (χ1n) is 4.04. The van der Waals surface area contributed by atoms with Crippen LogP contribution < -0.4 is 4.78 Å². The van der Waals surface area contributed by atoms with Crippen molar-refractivity contribution in [3.63, 3.8) is 0 Å². The second-order valence-electron chi connectivity index (χ2n) is 3.28. The van der Waals surface area contributed by atoms with Gasteiger partial charge in [-0.15, -0.1) is 11.3 Å². The zero-order chi connectivity index (χ0) is 9.14. The highest BCUT2D eigenvalue weighted by Crippen LogP contribution is 2.12. The summed E-state index contributed by atoms with van der Waals surface area (Å²) < 4.78 is 0.630. The molecule has 0 saturated carbocycles. The fraction of sp³-hybridized carbons (Fsp3) is 0.500. The summed E-state index contributed by atoms with van der Waals surface area (Å²) in [7, 11) is -1.31. The van der Waals surface area contributed by atoms with Crippen molar-refractivity contribution < 1.29 is 10.0 Å². The molecule has 12 heavy (non-hydrogen) atoms. The Bertz CT molecular complexity index is 245. The number of hydrogen-bond acceptors (Lipinski definition) is 3. The van der Waals surface area contributed by atoms with Crippen LogP contribution in [0.15, 0.2) is 12.1 Å². The number of rotatable bonds is 3. The van der Waals surface area contributed by atoms with Gasteiger partial charge >= 0.3 is 7.12 Å². The van der Waals surface area contributed by atoms with Crippen LogP contribution in [0.3, 0.4) is 0 Å². The van der Waals surface area contributed by atoms with E-state index in [1.807, 2.05) is 6.07 Å². The maximum absolute atomic E-state index is 8.84. The predicted molar refractivity (Wildman–Crippen MR) is 52.7 cm³/mol. The topological polar surface area (TPSA) is 40.5 Å². The summed E-state index contributed by atoms with van der Waals surface area (Å²) in [6.07, 6.45) is 1.01. The lowest BCUT2D eigenvalue weighted by Gasteiger charge is -1.99. The van der Waals surface area contributed by atoms with Gasteiger partial charge < -0.3 is 10.0 Å². The molecule has 0 saturated heterocycles. The standard InChI is InChI=1S/C8H13BO2S/c1-6(2)5-7-3-4-8(12-7)9(10)11/h3-4,6,10-11H,5H2,1-2H3. The van der Waals surface area contributed by atoms with Gasteiger partial charge in [0, 0.05) is 9.65 Å². The highest BCUT2D eigenvalue weighted by molar-refractivity contribution is 7.22. The van der Waals surface area contributed by atoms with E-state index in [9.17, 15) is 0 Å². The molecule has 0 aliphatic heterocycles. The molecule has 0 atom stereocenters. The van der Waals surface area contributed by atoms with Crippen molar-refractivity contribution in [1.82, 2.24) is 0 Å². The predicted octanol–water partition coefficient (Wildman–Crippen LogP) is 0.626. The molecule has 0 fully saturated rings. The molecule has 0 aliphatic carbocycles. The van der Waals surface area contributed by atoms with Crippen LogP contribution in [-0.4, -0.2) is 17.2 Å². The van der Waals surface area contributed by atoms with Gasteiger partial charge in [-0.25, -0.2) is 0 Å². The van der Waals surface area contributed by atoms with Crippen molar-refractivity contribution >= 4 is 23.2 Å². The number of hydrogen-bond donors (Lipinski definition) is 2. The molecule has 1 aromatic rings. The Morgan fingerprint density at radius 3 is 2.50 bits per heavy atom. The van der Waals surface area contributed by atoms with E-state index in [2.05, 4.69) is 13.8 Å². The molecule has 1 rings (SSSR count). The highest BCUT2D eigenvalue weighted by atomic mass is 32.1. The van der Waals surface area contributed by atoms with E-state index in [4.69, 9.17) is 10.0 Å². The molecule has 2 nitrogen and oxygen atoms in total. The van der Waals surface area contributed by atoms with E-state index in [0.717, 1.165) is 6.42 Å². The fourth-order valence-electron chi connectivity index (χ4n) is 1.05. The van der Waals surface area contributed by atoms with Crippen molar-refractivity contribution in [2.24, 2.45) is 5.92 Å². The van der Waals surface area contributed by atoms with Crippen LogP contribution in [0.2, 0.25) is 0 Å². The molecule has 0 spiro atoms. The summed E-state index contributed by atoms with van der Waals surface area (Å²) in [4.78, 5) is 1.22. The van der Waals surface area contributed by atoms with Crippen molar-refractivity contribution in [2.75, 3.05) is 0 Å². The molecule has 2 N–H and O–H groups in total. The smallest absolute Gasteiger partial charge is 0.423 e. The first kappa shape index (κ1) is 9.77. The fourth-order valence-corrected chi connectivity index (χ4v) is 2.14. The minimum absolute atomic E-state index is 0.618. The summed E-state index contributed by atoms with van der Waals surface area (Å²) in [5.74, 6) is 0.618. The summed E-state index contributed by atoms with van der Waals surface area (Å²) >= 11 is 1.47. The lowest BCUT2D eigenvalue weighted by atomic mass is 9.90. The quantitative estimate of drug-likeness (QED) is 0.676. The third-order valence-corrected chi connectivity index (χ3v) is 2.69. The van der Waals surface area contributed by atoms with Crippen LogP contribution in [0.1, 0.15) is 18.7 Å². The molecular formula is C8H13BO2S. The van der Waals surface area contributed by atoms with Gasteiger partial charge in [0.2, 0.25) is 0 Å².